The number of para-hydroxylation sites is 1. The van der Waals surface area contributed by atoms with E-state index in [9.17, 15) is 0 Å². The monoisotopic (exact) mass is 961 g/mol. The third-order valence-corrected chi connectivity index (χ3v) is 16.8. The van der Waals surface area contributed by atoms with Crippen LogP contribution in [0.5, 0.6) is 0 Å². The van der Waals surface area contributed by atoms with Gasteiger partial charge in [0, 0.05) is 16.5 Å². The molecule has 1 heteroatoms. The standard InChI is InChI=1S/C75H47N/c1-3-21-50(22-4-1)75(51-23-5-2-6-24-51)69-37-19-17-31-60(69)67-46-68-61-32-18-20-38-71(61)76(72(68)47-70(67)75)52-42-39-48(40-43-52)73-62-33-13-15-35-64(62)74(65-36-16-14-34-63(65)73)49-41-44-59-57-29-10-9-27-55(57)53-25-7-8-26-54(53)56-28-11-12-30-58(56)66(59)45-49/h1-47H. The van der Waals surface area contributed by atoms with Crippen LogP contribution in [0.2, 0.25) is 0 Å². The molecule has 1 heterocycles. The fraction of sp³-hybridized carbons (Fsp3) is 0.0133. The Kier molecular flexibility index (Phi) is 9.32. The average Bonchev–Trinajstić information content (AvgIpc) is 3.98. The van der Waals surface area contributed by atoms with Gasteiger partial charge in [-0.15, -0.1) is 0 Å². The second-order valence-corrected chi connectivity index (χ2v) is 20.6. The Morgan fingerprint density at radius 2 is 0.632 bits per heavy atom. The molecule has 0 bridgehead atoms. The van der Waals surface area contributed by atoms with E-state index < -0.39 is 5.41 Å². The highest BCUT2D eigenvalue weighted by atomic mass is 15.0. The molecule has 0 amide bonds. The number of aromatic nitrogens is 1. The van der Waals surface area contributed by atoms with Crippen molar-refractivity contribution in [1.29, 1.82) is 0 Å². The van der Waals surface area contributed by atoms with Crippen molar-refractivity contribution in [2.75, 3.05) is 0 Å². The van der Waals surface area contributed by atoms with Gasteiger partial charge in [0.1, 0.15) is 0 Å². The molecule has 0 saturated heterocycles. The molecule has 0 radical (unpaired) electrons. The summed E-state index contributed by atoms with van der Waals surface area (Å²) in [4.78, 5) is 0. The lowest BCUT2D eigenvalue weighted by molar-refractivity contribution is 0.769. The van der Waals surface area contributed by atoms with E-state index >= 15 is 0 Å². The van der Waals surface area contributed by atoms with Gasteiger partial charge in [-0.3, -0.25) is 0 Å². The largest absolute Gasteiger partial charge is 0.309 e. The number of rotatable bonds is 5. The maximum atomic E-state index is 2.51. The lowest BCUT2D eigenvalue weighted by Gasteiger charge is -2.34. The van der Waals surface area contributed by atoms with Crippen LogP contribution in [0.25, 0.3) is 127 Å². The van der Waals surface area contributed by atoms with Gasteiger partial charge in [0.25, 0.3) is 0 Å². The first-order valence-corrected chi connectivity index (χ1v) is 26.5. The molecule has 1 nitrogen and oxygen atoms in total. The smallest absolute Gasteiger partial charge is 0.0714 e. The molecule has 0 N–H and O–H groups in total. The van der Waals surface area contributed by atoms with Crippen molar-refractivity contribution in [1.82, 2.24) is 4.57 Å². The molecular weight excluding hydrogens is 915 g/mol. The lowest BCUT2D eigenvalue weighted by Crippen LogP contribution is -2.28. The van der Waals surface area contributed by atoms with E-state index in [1.165, 1.54) is 143 Å². The SMILES string of the molecule is c1ccc(C2(c3ccccc3)c3ccccc3-c3cc4c5ccccc5n(-c5ccc(-c6c7ccccc7c(-c7ccc8c(c7)-c7ccccc7-c7ccccc7-c7ccccc7-8)c7ccccc67)cc5)c4cc32)cc1. The van der Waals surface area contributed by atoms with Gasteiger partial charge in [0.05, 0.1) is 16.4 Å². The molecule has 13 aromatic carbocycles. The summed E-state index contributed by atoms with van der Waals surface area (Å²) >= 11 is 0. The molecule has 2 aliphatic rings. The zero-order valence-electron chi connectivity index (χ0n) is 41.6. The minimum Gasteiger partial charge on any atom is -0.309 e. The van der Waals surface area contributed by atoms with Crippen molar-refractivity contribution in [3.8, 4) is 83.6 Å². The van der Waals surface area contributed by atoms with E-state index in [1.54, 1.807) is 0 Å². The van der Waals surface area contributed by atoms with E-state index in [0.29, 0.717) is 0 Å². The third-order valence-electron chi connectivity index (χ3n) is 16.8. The maximum absolute atomic E-state index is 2.51. The number of benzene rings is 13. The van der Waals surface area contributed by atoms with Crippen LogP contribution >= 0.6 is 0 Å². The zero-order chi connectivity index (χ0) is 49.9. The molecular formula is C75H47N. The second kappa shape index (κ2) is 16.6. The van der Waals surface area contributed by atoms with Gasteiger partial charge in [-0.2, -0.15) is 0 Å². The average molecular weight is 962 g/mol. The summed E-state index contributed by atoms with van der Waals surface area (Å²) in [6, 6.07) is 107. The van der Waals surface area contributed by atoms with E-state index in [1.807, 2.05) is 0 Å². The molecule has 14 aromatic rings. The number of fused-ring (bicyclic) bond motifs is 16. The fourth-order valence-corrected chi connectivity index (χ4v) is 13.7. The van der Waals surface area contributed by atoms with Crippen LogP contribution in [0.3, 0.4) is 0 Å². The minimum absolute atomic E-state index is 0.498. The summed E-state index contributed by atoms with van der Waals surface area (Å²) in [5.41, 5.74) is 25.7. The predicted octanol–water partition coefficient (Wildman–Crippen LogP) is 19.8. The first-order chi connectivity index (χ1) is 37.7. The molecule has 0 aliphatic heterocycles. The van der Waals surface area contributed by atoms with Gasteiger partial charge in [0.2, 0.25) is 0 Å². The van der Waals surface area contributed by atoms with Gasteiger partial charge >= 0.3 is 0 Å². The molecule has 0 atom stereocenters. The lowest BCUT2D eigenvalue weighted by atomic mass is 9.67. The molecule has 352 valence electrons. The summed E-state index contributed by atoms with van der Waals surface area (Å²) in [5.74, 6) is 0. The summed E-state index contributed by atoms with van der Waals surface area (Å²) < 4.78 is 2.49. The van der Waals surface area contributed by atoms with Crippen molar-refractivity contribution in [3.63, 3.8) is 0 Å². The third kappa shape index (κ3) is 6.03. The Bertz CT molecular complexity index is 4570. The molecule has 76 heavy (non-hydrogen) atoms. The highest BCUT2D eigenvalue weighted by Gasteiger charge is 2.46. The molecule has 1 aromatic heterocycles. The highest BCUT2D eigenvalue weighted by molar-refractivity contribution is 6.22. The van der Waals surface area contributed by atoms with Crippen LogP contribution in [0.15, 0.2) is 285 Å². The van der Waals surface area contributed by atoms with Crippen LogP contribution in [0.1, 0.15) is 22.3 Å². The summed E-state index contributed by atoms with van der Waals surface area (Å²) in [6.07, 6.45) is 0. The van der Waals surface area contributed by atoms with Crippen LogP contribution in [0.4, 0.5) is 0 Å². The van der Waals surface area contributed by atoms with Crippen molar-refractivity contribution in [3.05, 3.63) is 307 Å². The van der Waals surface area contributed by atoms with Crippen LogP contribution < -0.4 is 0 Å². The fourth-order valence-electron chi connectivity index (χ4n) is 13.7. The zero-order valence-corrected chi connectivity index (χ0v) is 41.6. The topological polar surface area (TPSA) is 4.93 Å². The van der Waals surface area contributed by atoms with E-state index in [4.69, 9.17) is 0 Å². The van der Waals surface area contributed by atoms with Crippen molar-refractivity contribution < 1.29 is 0 Å². The minimum atomic E-state index is -0.498. The Morgan fingerprint density at radius 1 is 0.224 bits per heavy atom. The number of hydrogen-bond donors (Lipinski definition) is 0. The second-order valence-electron chi connectivity index (χ2n) is 20.6. The molecule has 2 aliphatic carbocycles. The quantitative estimate of drug-likeness (QED) is 0.152. The van der Waals surface area contributed by atoms with Gasteiger partial charge in [0.15, 0.2) is 0 Å². The molecule has 0 saturated carbocycles. The van der Waals surface area contributed by atoms with E-state index in [2.05, 4.69) is 290 Å². The normalized spacial score (nSPS) is 12.8. The van der Waals surface area contributed by atoms with Crippen LogP contribution in [0, 0.1) is 0 Å². The van der Waals surface area contributed by atoms with E-state index in [-0.39, 0.29) is 0 Å². The van der Waals surface area contributed by atoms with Crippen molar-refractivity contribution >= 4 is 43.4 Å². The predicted molar refractivity (Wildman–Crippen MR) is 319 cm³/mol. The molecule has 0 spiro atoms. The van der Waals surface area contributed by atoms with Crippen LogP contribution in [-0.2, 0) is 5.41 Å². The Balaban J connectivity index is 0.882. The number of nitrogens with zero attached hydrogens (tertiary/aromatic N) is 1. The first kappa shape index (κ1) is 42.7. The Hall–Kier alpha value is -9.82. The summed E-state index contributed by atoms with van der Waals surface area (Å²) in [5, 5.41) is 7.45. The Morgan fingerprint density at radius 3 is 1.17 bits per heavy atom. The Labute approximate surface area is 441 Å². The summed E-state index contributed by atoms with van der Waals surface area (Å²) in [6.45, 7) is 0. The maximum Gasteiger partial charge on any atom is 0.0714 e. The van der Waals surface area contributed by atoms with Gasteiger partial charge in [-0.05, 0) is 158 Å². The van der Waals surface area contributed by atoms with Crippen molar-refractivity contribution in [2.45, 2.75) is 5.41 Å². The number of hydrogen-bond acceptors (Lipinski definition) is 0. The molecule has 0 fully saturated rings. The first-order valence-electron chi connectivity index (χ1n) is 26.5. The molecule has 16 rings (SSSR count). The van der Waals surface area contributed by atoms with E-state index in [0.717, 1.165) is 5.69 Å². The van der Waals surface area contributed by atoms with Gasteiger partial charge < -0.3 is 4.57 Å². The highest BCUT2D eigenvalue weighted by Crippen LogP contribution is 2.58. The summed E-state index contributed by atoms with van der Waals surface area (Å²) in [7, 11) is 0. The van der Waals surface area contributed by atoms with Gasteiger partial charge in [-0.1, -0.05) is 249 Å². The van der Waals surface area contributed by atoms with Gasteiger partial charge in [-0.25, -0.2) is 0 Å². The van der Waals surface area contributed by atoms with Crippen LogP contribution in [-0.4, -0.2) is 4.57 Å². The van der Waals surface area contributed by atoms with Crippen molar-refractivity contribution in [2.24, 2.45) is 0 Å². The molecule has 0 unspecified atom stereocenters.